The molecule has 0 spiro atoms. The molecule has 28 heavy (non-hydrogen) atoms. The van der Waals surface area contributed by atoms with Gasteiger partial charge in [0, 0.05) is 22.3 Å². The first-order chi connectivity index (χ1) is 13.7. The lowest BCUT2D eigenvalue weighted by molar-refractivity contribution is -0.123. The van der Waals surface area contributed by atoms with Gasteiger partial charge in [-0.15, -0.1) is 11.3 Å². The summed E-state index contributed by atoms with van der Waals surface area (Å²) in [6.07, 6.45) is 8.25. The summed E-state index contributed by atoms with van der Waals surface area (Å²) in [5, 5.41) is 3.31. The number of nitrogens with zero attached hydrogens (tertiary/aromatic N) is 1. The van der Waals surface area contributed by atoms with Crippen molar-refractivity contribution in [1.82, 2.24) is 10.2 Å². The van der Waals surface area contributed by atoms with Crippen LogP contribution in [0.4, 0.5) is 0 Å². The molecule has 150 valence electrons. The van der Waals surface area contributed by atoms with Crippen molar-refractivity contribution in [1.29, 1.82) is 0 Å². The molecule has 0 bridgehead atoms. The summed E-state index contributed by atoms with van der Waals surface area (Å²) in [6, 6.07) is 11.3. The summed E-state index contributed by atoms with van der Waals surface area (Å²) in [4.78, 5) is 18.1. The summed E-state index contributed by atoms with van der Waals surface area (Å²) >= 11 is 1.94. The lowest BCUT2D eigenvalue weighted by Crippen LogP contribution is -2.45. The van der Waals surface area contributed by atoms with Gasteiger partial charge in [0.1, 0.15) is 0 Å². The molecule has 1 aromatic carbocycles. The van der Waals surface area contributed by atoms with Gasteiger partial charge < -0.3 is 5.32 Å². The van der Waals surface area contributed by atoms with Gasteiger partial charge in [0.2, 0.25) is 5.91 Å². The second-order valence-corrected chi connectivity index (χ2v) is 9.53. The van der Waals surface area contributed by atoms with Crippen molar-refractivity contribution in [2.45, 2.75) is 70.9 Å². The molecule has 3 nitrogen and oxygen atoms in total. The first kappa shape index (κ1) is 19.7. The largest absolute Gasteiger partial charge is 0.352 e. The van der Waals surface area contributed by atoms with Crippen molar-refractivity contribution in [3.05, 3.63) is 56.8 Å². The highest BCUT2D eigenvalue weighted by atomic mass is 32.1. The van der Waals surface area contributed by atoms with Crippen LogP contribution in [0.5, 0.6) is 0 Å². The van der Waals surface area contributed by atoms with Crippen LogP contribution in [0.2, 0.25) is 0 Å². The number of rotatable bonds is 5. The summed E-state index contributed by atoms with van der Waals surface area (Å²) < 4.78 is 0. The van der Waals surface area contributed by atoms with E-state index in [-0.39, 0.29) is 11.9 Å². The molecule has 0 unspecified atom stereocenters. The molecule has 1 amide bonds. The van der Waals surface area contributed by atoms with Gasteiger partial charge in [0.15, 0.2) is 0 Å². The number of hydrogen-bond donors (Lipinski definition) is 1. The molecular formula is C24H32N2OS. The van der Waals surface area contributed by atoms with Crippen molar-refractivity contribution in [3.8, 4) is 0 Å². The van der Waals surface area contributed by atoms with E-state index in [1.165, 1.54) is 40.1 Å². The Hall–Kier alpha value is -1.65. The third kappa shape index (κ3) is 4.04. The Balaban J connectivity index is 1.58. The Labute approximate surface area is 173 Å². The van der Waals surface area contributed by atoms with E-state index >= 15 is 0 Å². The van der Waals surface area contributed by atoms with Gasteiger partial charge in [-0.05, 0) is 49.3 Å². The normalized spacial score (nSPS) is 20.7. The van der Waals surface area contributed by atoms with E-state index in [0.717, 1.165) is 32.2 Å². The van der Waals surface area contributed by atoms with Crippen LogP contribution in [-0.4, -0.2) is 29.9 Å². The number of hydrogen-bond acceptors (Lipinski definition) is 3. The van der Waals surface area contributed by atoms with Crippen LogP contribution in [0.1, 0.15) is 71.5 Å². The van der Waals surface area contributed by atoms with E-state index in [9.17, 15) is 4.79 Å². The Bertz CT molecular complexity index is 808. The second kappa shape index (κ2) is 8.79. The summed E-state index contributed by atoms with van der Waals surface area (Å²) in [7, 11) is 0. The molecule has 1 saturated carbocycles. The molecule has 0 saturated heterocycles. The number of nitrogens with one attached hydrogen (secondary N) is 1. The molecule has 1 aliphatic carbocycles. The summed E-state index contributed by atoms with van der Waals surface area (Å²) in [5.74, 6) is 0.195. The van der Waals surface area contributed by atoms with Gasteiger partial charge in [-0.25, -0.2) is 0 Å². The van der Waals surface area contributed by atoms with Gasteiger partial charge in [-0.2, -0.15) is 0 Å². The lowest BCUT2D eigenvalue weighted by atomic mass is 9.91. The lowest BCUT2D eigenvalue weighted by Gasteiger charge is -2.36. The van der Waals surface area contributed by atoms with E-state index in [1.807, 2.05) is 11.3 Å². The number of amides is 1. The molecule has 1 fully saturated rings. The standard InChI is InChI=1S/C24H32N2OS/c1-3-20-17(2)28-24-21(20)14-15-26(23(24)18-10-6-4-7-11-18)16-22(27)25-19-12-8-5-9-13-19/h4,6-7,10-11,19,23H,3,5,8-9,12-16H2,1-2H3,(H,25,27)/t23-/m1/s1. The monoisotopic (exact) mass is 396 g/mol. The minimum absolute atomic E-state index is 0.195. The number of thiophene rings is 1. The van der Waals surface area contributed by atoms with Crippen LogP contribution in [0.15, 0.2) is 30.3 Å². The second-order valence-electron chi connectivity index (χ2n) is 8.27. The van der Waals surface area contributed by atoms with E-state index in [2.05, 4.69) is 54.4 Å². The first-order valence-electron chi connectivity index (χ1n) is 10.9. The molecule has 2 aliphatic rings. The van der Waals surface area contributed by atoms with Crippen LogP contribution in [-0.2, 0) is 17.6 Å². The summed E-state index contributed by atoms with van der Waals surface area (Å²) in [5.41, 5.74) is 4.38. The molecule has 4 rings (SSSR count). The maximum atomic E-state index is 12.8. The minimum Gasteiger partial charge on any atom is -0.352 e. The Morgan fingerprint density at radius 2 is 1.93 bits per heavy atom. The number of carbonyl (C=O) groups excluding carboxylic acids is 1. The maximum Gasteiger partial charge on any atom is 0.234 e. The van der Waals surface area contributed by atoms with Crippen molar-refractivity contribution in [3.63, 3.8) is 0 Å². The van der Waals surface area contributed by atoms with Gasteiger partial charge >= 0.3 is 0 Å². The number of aryl methyl sites for hydroxylation is 1. The summed E-state index contributed by atoms with van der Waals surface area (Å²) in [6.45, 7) is 5.96. The average molecular weight is 397 g/mol. The molecular weight excluding hydrogens is 364 g/mol. The Kier molecular flexibility index (Phi) is 6.17. The van der Waals surface area contributed by atoms with Crippen molar-refractivity contribution in [2.24, 2.45) is 0 Å². The third-order valence-electron chi connectivity index (χ3n) is 6.40. The predicted molar refractivity (Wildman–Crippen MR) is 117 cm³/mol. The quantitative estimate of drug-likeness (QED) is 0.770. The minimum atomic E-state index is 0.195. The number of fused-ring (bicyclic) bond motifs is 1. The SMILES string of the molecule is CCc1c(C)sc2c1CCN(CC(=O)NC1CCCCC1)[C@@H]2c1ccccc1. The molecule has 0 radical (unpaired) electrons. The van der Waals surface area contributed by atoms with Crippen LogP contribution in [0.3, 0.4) is 0 Å². The molecule has 2 heterocycles. The smallest absolute Gasteiger partial charge is 0.234 e. The predicted octanol–water partition coefficient (Wildman–Crippen LogP) is 5.02. The number of carbonyl (C=O) groups is 1. The van der Waals surface area contributed by atoms with Gasteiger partial charge in [-0.3, -0.25) is 9.69 Å². The topological polar surface area (TPSA) is 32.3 Å². The highest BCUT2D eigenvalue weighted by molar-refractivity contribution is 7.12. The zero-order chi connectivity index (χ0) is 19.5. The third-order valence-corrected chi connectivity index (χ3v) is 7.64. The van der Waals surface area contributed by atoms with Crippen molar-refractivity contribution in [2.75, 3.05) is 13.1 Å². The van der Waals surface area contributed by atoms with Crippen LogP contribution < -0.4 is 5.32 Å². The van der Waals surface area contributed by atoms with Crippen LogP contribution >= 0.6 is 11.3 Å². The molecule has 1 atom stereocenters. The van der Waals surface area contributed by atoms with Crippen LogP contribution in [0, 0.1) is 6.92 Å². The molecule has 2 aromatic rings. The van der Waals surface area contributed by atoms with E-state index in [0.29, 0.717) is 12.6 Å². The molecule has 1 aliphatic heterocycles. The molecule has 1 aromatic heterocycles. The number of benzene rings is 1. The molecule has 1 N–H and O–H groups in total. The average Bonchev–Trinajstić information content (AvgIpc) is 3.04. The van der Waals surface area contributed by atoms with Crippen molar-refractivity contribution >= 4 is 17.2 Å². The highest BCUT2D eigenvalue weighted by Crippen LogP contribution is 2.42. The van der Waals surface area contributed by atoms with Crippen LogP contribution in [0.25, 0.3) is 0 Å². The highest BCUT2D eigenvalue weighted by Gasteiger charge is 2.33. The maximum absolute atomic E-state index is 12.8. The molecule has 4 heteroatoms. The first-order valence-corrected chi connectivity index (χ1v) is 11.7. The van der Waals surface area contributed by atoms with E-state index < -0.39 is 0 Å². The Morgan fingerprint density at radius 1 is 1.18 bits per heavy atom. The van der Waals surface area contributed by atoms with Gasteiger partial charge in [0.05, 0.1) is 12.6 Å². The zero-order valence-corrected chi connectivity index (χ0v) is 18.0. The van der Waals surface area contributed by atoms with E-state index in [1.54, 1.807) is 5.56 Å². The van der Waals surface area contributed by atoms with Gasteiger partial charge in [-0.1, -0.05) is 56.5 Å². The fourth-order valence-electron chi connectivity index (χ4n) is 5.03. The fourth-order valence-corrected chi connectivity index (χ4v) is 6.50. The van der Waals surface area contributed by atoms with Crippen molar-refractivity contribution < 1.29 is 4.79 Å². The van der Waals surface area contributed by atoms with E-state index in [4.69, 9.17) is 0 Å². The fraction of sp³-hybridized carbons (Fsp3) is 0.542. The Morgan fingerprint density at radius 3 is 2.64 bits per heavy atom. The van der Waals surface area contributed by atoms with Gasteiger partial charge in [0.25, 0.3) is 0 Å². The zero-order valence-electron chi connectivity index (χ0n) is 17.2.